The Kier molecular flexibility index (Phi) is 8.47. The van der Waals surface area contributed by atoms with Crippen molar-refractivity contribution < 1.29 is 13.9 Å². The monoisotopic (exact) mass is 621 g/mol. The molecule has 1 fully saturated rings. The van der Waals surface area contributed by atoms with E-state index in [1.54, 1.807) is 0 Å². The molecule has 2 atom stereocenters. The molecule has 4 bridgehead atoms. The van der Waals surface area contributed by atoms with E-state index in [2.05, 4.69) is 79.9 Å². The molecule has 1 N–H and O–H groups in total. The molecule has 7 rings (SSSR count). The third kappa shape index (κ3) is 6.56. The van der Waals surface area contributed by atoms with Crippen LogP contribution in [0.15, 0.2) is 70.1 Å². The Morgan fingerprint density at radius 3 is 2.60 bits per heavy atom. The molecule has 0 spiro atoms. The molecule has 232 valence electrons. The Bertz CT molecular complexity index is 1800. The summed E-state index contributed by atoms with van der Waals surface area (Å²) in [7, 11) is 0. The first-order valence-electron chi connectivity index (χ1n) is 15.9. The number of aromatic nitrogens is 4. The van der Waals surface area contributed by atoms with Gasteiger partial charge < -0.3 is 13.9 Å². The molecule has 0 amide bonds. The van der Waals surface area contributed by atoms with E-state index in [-0.39, 0.29) is 17.8 Å². The Labute approximate surface area is 268 Å². The maximum atomic E-state index is 6.57. The Morgan fingerprint density at radius 1 is 1.00 bits per heavy atom. The van der Waals surface area contributed by atoms with Crippen molar-refractivity contribution in [1.82, 2.24) is 19.9 Å². The molecule has 3 aromatic heterocycles. The van der Waals surface area contributed by atoms with E-state index < -0.39 is 0 Å². The normalized spacial score (nSPS) is 18.5. The van der Waals surface area contributed by atoms with E-state index in [0.717, 1.165) is 57.1 Å². The molecule has 4 heterocycles. The van der Waals surface area contributed by atoms with Gasteiger partial charge >= 0.3 is 0 Å². The van der Waals surface area contributed by atoms with E-state index >= 15 is 0 Å². The number of rotatable bonds is 7. The van der Waals surface area contributed by atoms with Crippen LogP contribution >= 0.6 is 11.9 Å². The molecule has 2 aliphatic rings. The quantitative estimate of drug-likeness (QED) is 0.180. The van der Waals surface area contributed by atoms with E-state index in [1.807, 2.05) is 18.3 Å². The van der Waals surface area contributed by atoms with Crippen LogP contribution in [0.5, 0.6) is 5.88 Å². The van der Waals surface area contributed by atoms with E-state index in [9.17, 15) is 0 Å². The van der Waals surface area contributed by atoms with Gasteiger partial charge in [0.25, 0.3) is 0 Å². The number of ether oxygens (including phenoxy) is 2. The van der Waals surface area contributed by atoms with Crippen molar-refractivity contribution in [2.45, 2.75) is 76.2 Å². The molecule has 9 heteroatoms. The number of nitrogens with one attached hydrogen (secondary N) is 1. The lowest BCUT2D eigenvalue weighted by Gasteiger charge is -2.32. The van der Waals surface area contributed by atoms with Crippen LogP contribution in [-0.2, 0) is 11.2 Å². The summed E-state index contributed by atoms with van der Waals surface area (Å²) >= 11 is 1.50. The van der Waals surface area contributed by atoms with Gasteiger partial charge in [-0.2, -0.15) is 4.98 Å². The maximum absolute atomic E-state index is 6.57. The minimum atomic E-state index is 0.0494. The van der Waals surface area contributed by atoms with Gasteiger partial charge in [-0.3, -0.25) is 4.72 Å². The minimum absolute atomic E-state index is 0.0494. The van der Waals surface area contributed by atoms with Crippen LogP contribution in [-0.4, -0.2) is 39.3 Å². The second-order valence-corrected chi connectivity index (χ2v) is 13.5. The van der Waals surface area contributed by atoms with Gasteiger partial charge in [0.15, 0.2) is 0 Å². The molecule has 1 aliphatic carbocycles. The van der Waals surface area contributed by atoms with Crippen LogP contribution in [0.2, 0.25) is 0 Å². The lowest BCUT2D eigenvalue weighted by Crippen LogP contribution is -2.31. The van der Waals surface area contributed by atoms with Gasteiger partial charge in [-0.15, -0.1) is 0 Å². The maximum Gasteiger partial charge on any atom is 0.245 e. The molecule has 8 nitrogen and oxygen atoms in total. The molecule has 5 aromatic rings. The predicted octanol–water partition coefficient (Wildman–Crippen LogP) is 8.44. The largest absolute Gasteiger partial charge is 0.477 e. The Morgan fingerprint density at radius 2 is 1.82 bits per heavy atom. The zero-order chi connectivity index (χ0) is 30.9. The predicted molar refractivity (Wildman–Crippen MR) is 178 cm³/mol. The molecular weight excluding hydrogens is 582 g/mol. The summed E-state index contributed by atoms with van der Waals surface area (Å²) in [6.07, 6.45) is 6.32. The first-order valence-corrected chi connectivity index (χ1v) is 16.7. The highest BCUT2D eigenvalue weighted by Gasteiger charge is 2.29. The zero-order valence-electron chi connectivity index (χ0n) is 26.2. The van der Waals surface area contributed by atoms with Crippen molar-refractivity contribution in [2.24, 2.45) is 5.92 Å². The highest BCUT2D eigenvalue weighted by atomic mass is 32.2. The summed E-state index contributed by atoms with van der Waals surface area (Å²) in [5.41, 5.74) is 7.77. The molecule has 2 unspecified atom stereocenters. The Hall–Kier alpha value is -3.95. The van der Waals surface area contributed by atoms with Crippen LogP contribution in [0.1, 0.15) is 73.1 Å². The van der Waals surface area contributed by atoms with Crippen LogP contribution in [0.25, 0.3) is 22.5 Å². The summed E-state index contributed by atoms with van der Waals surface area (Å²) < 4.78 is 22.4. The van der Waals surface area contributed by atoms with Gasteiger partial charge in [0, 0.05) is 34.4 Å². The third-order valence-corrected chi connectivity index (χ3v) is 9.68. The summed E-state index contributed by atoms with van der Waals surface area (Å²) in [5.74, 6) is 2.36. The number of furan rings is 1. The van der Waals surface area contributed by atoms with Crippen LogP contribution in [0.4, 0.5) is 5.95 Å². The fourth-order valence-corrected chi connectivity index (χ4v) is 6.76. The number of nitrogens with zero attached hydrogens (tertiary/aromatic N) is 4. The average Bonchev–Trinajstić information content (AvgIpc) is 3.44. The van der Waals surface area contributed by atoms with Crippen molar-refractivity contribution in [3.8, 4) is 17.1 Å². The number of fused-ring (bicyclic) bond motifs is 5. The van der Waals surface area contributed by atoms with Gasteiger partial charge in [0.1, 0.15) is 11.3 Å². The van der Waals surface area contributed by atoms with Gasteiger partial charge in [0.2, 0.25) is 17.5 Å². The molecule has 1 saturated carbocycles. The highest BCUT2D eigenvalue weighted by molar-refractivity contribution is 8.00. The first-order chi connectivity index (χ1) is 21.9. The van der Waals surface area contributed by atoms with Crippen molar-refractivity contribution >= 4 is 29.1 Å². The van der Waals surface area contributed by atoms with Crippen LogP contribution in [0.3, 0.4) is 0 Å². The van der Waals surface area contributed by atoms with E-state index in [0.29, 0.717) is 43.3 Å². The first kappa shape index (κ1) is 29.7. The summed E-state index contributed by atoms with van der Waals surface area (Å²) in [6.45, 7) is 9.48. The molecular formula is C36H39N5O3S. The second kappa shape index (κ2) is 12.8. The zero-order valence-corrected chi connectivity index (χ0v) is 27.1. The highest BCUT2D eigenvalue weighted by Crippen LogP contribution is 2.36. The van der Waals surface area contributed by atoms with Gasteiger partial charge in [-0.1, -0.05) is 44.2 Å². The minimum Gasteiger partial charge on any atom is -0.477 e. The number of anilines is 1. The topological polar surface area (TPSA) is 95.2 Å². The molecule has 0 radical (unpaired) electrons. The van der Waals surface area contributed by atoms with Gasteiger partial charge in [0.05, 0.1) is 36.9 Å². The molecule has 45 heavy (non-hydrogen) atoms. The smallest absolute Gasteiger partial charge is 0.245 e. The summed E-state index contributed by atoms with van der Waals surface area (Å²) in [4.78, 5) is 20.4. The van der Waals surface area contributed by atoms with Crippen molar-refractivity contribution in [3.63, 3.8) is 0 Å². The number of hydrogen-bond acceptors (Lipinski definition) is 9. The average molecular weight is 622 g/mol. The van der Waals surface area contributed by atoms with E-state index in [1.165, 1.54) is 23.9 Å². The van der Waals surface area contributed by atoms with Crippen molar-refractivity contribution in [2.75, 3.05) is 17.9 Å². The van der Waals surface area contributed by atoms with E-state index in [4.69, 9.17) is 28.8 Å². The standard InChI is InChI=1S/C36H39N5O3S/c1-21(2)32-16-31-35(44-32)37-18-26(38-31)15-29-24-10-6-13-28(14-24)45-41-36-39-30(34-22(3)8-5-9-23(34)4)17-33(40-36)43-20-25(29)19-42-27-11-7-12-27/h5-6,8-10,13-14,16-18,21,25,27,29H,7,11-12,15,19-20H2,1-4H3,(H,39,40,41). The fraction of sp³-hybridized carbons (Fsp3) is 0.389. The van der Waals surface area contributed by atoms with Gasteiger partial charge in [-0.05, 0) is 86.2 Å². The van der Waals surface area contributed by atoms with Crippen LogP contribution < -0.4 is 9.46 Å². The molecule has 0 saturated heterocycles. The number of hydrogen-bond donors (Lipinski definition) is 1. The van der Waals surface area contributed by atoms with Crippen molar-refractivity contribution in [3.05, 3.63) is 88.9 Å². The SMILES string of the molecule is Cc1cccc(C)c1-c1cc2nc(n1)NSc1cccc(c1)C(Cc1cnc3oc(C(C)C)cc3n1)C(COC1CCC1)CO2. The fourth-order valence-electron chi connectivity index (χ4n) is 6.12. The summed E-state index contributed by atoms with van der Waals surface area (Å²) in [5, 5.41) is 0. The number of benzene rings is 2. The lowest BCUT2D eigenvalue weighted by molar-refractivity contribution is -0.0279. The third-order valence-electron chi connectivity index (χ3n) is 8.90. The lowest BCUT2D eigenvalue weighted by atomic mass is 9.83. The molecule has 1 aliphatic heterocycles. The molecule has 2 aromatic carbocycles. The van der Waals surface area contributed by atoms with Gasteiger partial charge in [-0.25, -0.2) is 15.0 Å². The van der Waals surface area contributed by atoms with Crippen molar-refractivity contribution in [1.29, 1.82) is 0 Å². The second-order valence-electron chi connectivity index (χ2n) is 12.6. The van der Waals surface area contributed by atoms with Crippen LogP contribution in [0, 0.1) is 19.8 Å². The Balaban J connectivity index is 1.26. The summed E-state index contributed by atoms with van der Waals surface area (Å²) in [6, 6.07) is 18.9. The number of aryl methyl sites for hydroxylation is 2.